The lowest BCUT2D eigenvalue weighted by molar-refractivity contribution is 0.0727. The van der Waals surface area contributed by atoms with Crippen molar-refractivity contribution >= 4 is 5.91 Å². The van der Waals surface area contributed by atoms with Crippen molar-refractivity contribution in [3.63, 3.8) is 0 Å². The highest BCUT2D eigenvalue weighted by Gasteiger charge is 2.30. The van der Waals surface area contributed by atoms with Crippen LogP contribution in [0.3, 0.4) is 0 Å². The summed E-state index contributed by atoms with van der Waals surface area (Å²) in [5.74, 6) is 0.248. The number of hydrogen-bond acceptors (Lipinski definition) is 5. The van der Waals surface area contributed by atoms with Gasteiger partial charge in [-0.25, -0.2) is 4.39 Å². The number of carbonyl (C=O) groups is 1. The van der Waals surface area contributed by atoms with Crippen LogP contribution in [-0.4, -0.2) is 52.1 Å². The third-order valence-electron chi connectivity index (χ3n) is 5.65. The van der Waals surface area contributed by atoms with Crippen LogP contribution in [0, 0.1) is 5.82 Å². The summed E-state index contributed by atoms with van der Waals surface area (Å²) in [6.07, 6.45) is 2.38. The second-order valence-electron chi connectivity index (χ2n) is 7.49. The number of rotatable bonds is 4. The molecule has 9 nitrogen and oxygen atoms in total. The van der Waals surface area contributed by atoms with Gasteiger partial charge in [-0.15, -0.1) is 10.2 Å². The molecule has 1 aliphatic rings. The summed E-state index contributed by atoms with van der Waals surface area (Å²) in [6, 6.07) is 7.72. The summed E-state index contributed by atoms with van der Waals surface area (Å²) < 4.78 is 17.0. The third-order valence-corrected chi connectivity index (χ3v) is 5.65. The highest BCUT2D eigenvalue weighted by molar-refractivity contribution is 5.93. The monoisotopic (exact) mass is 420 g/mol. The maximum atomic E-state index is 13.2. The van der Waals surface area contributed by atoms with Crippen LogP contribution in [0.4, 0.5) is 4.39 Å². The predicted octanol–water partition coefficient (Wildman–Crippen LogP) is 2.43. The zero-order chi connectivity index (χ0) is 21.5. The normalized spacial score (nSPS) is 13.5. The van der Waals surface area contributed by atoms with Crippen molar-refractivity contribution in [3.8, 4) is 22.8 Å². The van der Waals surface area contributed by atoms with Crippen LogP contribution in [-0.2, 0) is 26.6 Å². The van der Waals surface area contributed by atoms with E-state index >= 15 is 0 Å². The van der Waals surface area contributed by atoms with Gasteiger partial charge < -0.3 is 9.47 Å². The van der Waals surface area contributed by atoms with Crippen molar-refractivity contribution in [2.45, 2.75) is 26.4 Å². The smallest absolute Gasteiger partial charge is 0.272 e. The summed E-state index contributed by atoms with van der Waals surface area (Å²) in [7, 11) is 1.91. The number of benzene rings is 1. The molecule has 4 aromatic rings. The average Bonchev–Trinajstić information content (AvgIpc) is 3.52. The van der Waals surface area contributed by atoms with Gasteiger partial charge in [0.15, 0.2) is 5.82 Å². The van der Waals surface area contributed by atoms with E-state index in [1.165, 1.54) is 12.1 Å². The Labute approximate surface area is 177 Å². The molecule has 1 aromatic carbocycles. The molecular weight excluding hydrogens is 399 g/mol. The molecule has 3 aromatic heterocycles. The van der Waals surface area contributed by atoms with Crippen molar-refractivity contribution in [2.75, 3.05) is 6.54 Å². The van der Waals surface area contributed by atoms with Crippen molar-refractivity contribution in [3.05, 3.63) is 59.4 Å². The van der Waals surface area contributed by atoms with Gasteiger partial charge in [-0.3, -0.25) is 14.6 Å². The molecule has 0 aliphatic carbocycles. The van der Waals surface area contributed by atoms with E-state index in [1.54, 1.807) is 29.4 Å². The molecule has 1 N–H and O–H groups in total. The van der Waals surface area contributed by atoms with E-state index in [1.807, 2.05) is 23.2 Å². The molecule has 31 heavy (non-hydrogen) atoms. The number of aromatic nitrogens is 7. The molecule has 0 unspecified atom stereocenters. The number of halogens is 1. The van der Waals surface area contributed by atoms with E-state index < -0.39 is 0 Å². The van der Waals surface area contributed by atoms with Gasteiger partial charge in [0.05, 0.1) is 12.2 Å². The Bertz CT molecular complexity index is 1250. The lowest BCUT2D eigenvalue weighted by Gasteiger charge is -2.27. The first kappa shape index (κ1) is 19.2. The Morgan fingerprint density at radius 1 is 1.26 bits per heavy atom. The Balaban J connectivity index is 1.42. The highest BCUT2D eigenvalue weighted by Crippen LogP contribution is 2.29. The second kappa shape index (κ2) is 7.46. The highest BCUT2D eigenvalue weighted by atomic mass is 19.1. The first-order chi connectivity index (χ1) is 15.0. The number of hydrogen-bond donors (Lipinski definition) is 1. The van der Waals surface area contributed by atoms with Crippen LogP contribution >= 0.6 is 0 Å². The fraction of sp³-hybridized carbons (Fsp3) is 0.286. The summed E-state index contributed by atoms with van der Waals surface area (Å²) >= 11 is 0. The number of aryl methyl sites for hydroxylation is 2. The minimum absolute atomic E-state index is 0.140. The van der Waals surface area contributed by atoms with Gasteiger partial charge in [0.25, 0.3) is 5.91 Å². The molecule has 0 saturated heterocycles. The quantitative estimate of drug-likeness (QED) is 0.547. The van der Waals surface area contributed by atoms with Crippen LogP contribution in [0.2, 0.25) is 0 Å². The number of amides is 1. The summed E-state index contributed by atoms with van der Waals surface area (Å²) in [5, 5.41) is 20.0. The lowest BCUT2D eigenvalue weighted by atomic mass is 10.0. The molecule has 158 valence electrons. The summed E-state index contributed by atoms with van der Waals surface area (Å²) in [4.78, 5) is 15.0. The molecule has 5 rings (SSSR count). The van der Waals surface area contributed by atoms with Gasteiger partial charge in [-0.2, -0.15) is 10.2 Å². The third kappa shape index (κ3) is 3.29. The lowest BCUT2D eigenvalue weighted by Crippen LogP contribution is -2.36. The zero-order valence-corrected chi connectivity index (χ0v) is 17.2. The molecule has 0 fully saturated rings. The number of aromatic amines is 1. The fourth-order valence-electron chi connectivity index (χ4n) is 3.99. The average molecular weight is 420 g/mol. The van der Waals surface area contributed by atoms with Gasteiger partial charge in [0.2, 0.25) is 0 Å². The molecule has 0 spiro atoms. The van der Waals surface area contributed by atoms with Gasteiger partial charge in [0, 0.05) is 43.4 Å². The van der Waals surface area contributed by atoms with Crippen LogP contribution in [0.25, 0.3) is 22.8 Å². The van der Waals surface area contributed by atoms with E-state index in [-0.39, 0.29) is 11.7 Å². The van der Waals surface area contributed by atoms with Crippen LogP contribution in [0.15, 0.2) is 36.7 Å². The molecule has 0 atom stereocenters. The van der Waals surface area contributed by atoms with Crippen molar-refractivity contribution < 1.29 is 9.18 Å². The minimum atomic E-state index is -0.314. The molecule has 1 aliphatic heterocycles. The van der Waals surface area contributed by atoms with Crippen molar-refractivity contribution in [2.24, 2.45) is 7.05 Å². The Morgan fingerprint density at radius 2 is 2.06 bits per heavy atom. The van der Waals surface area contributed by atoms with E-state index in [0.717, 1.165) is 29.1 Å². The van der Waals surface area contributed by atoms with Gasteiger partial charge in [-0.05, 0) is 37.3 Å². The molecule has 4 heterocycles. The number of nitrogens with zero attached hydrogens (tertiary/aromatic N) is 7. The fourth-order valence-corrected chi connectivity index (χ4v) is 3.99. The van der Waals surface area contributed by atoms with Crippen molar-refractivity contribution in [1.29, 1.82) is 0 Å². The number of H-pyrrole nitrogens is 1. The Morgan fingerprint density at radius 3 is 2.84 bits per heavy atom. The molecule has 0 bridgehead atoms. The van der Waals surface area contributed by atoms with Crippen molar-refractivity contribution in [1.82, 2.24) is 39.6 Å². The molecule has 0 radical (unpaired) electrons. The first-order valence-corrected chi connectivity index (χ1v) is 10.1. The molecule has 0 saturated carbocycles. The van der Waals surface area contributed by atoms with E-state index in [4.69, 9.17) is 0 Å². The standard InChI is InChI=1S/C21H21FN8O/c1-3-29-12-23-26-20(29)19-15-11-30(9-8-18(15)28(2)27-19)21(31)17-10-16(24-25-17)13-4-6-14(22)7-5-13/h4-7,10,12H,3,8-9,11H2,1-2H3,(H,24,25). The molecule has 10 heteroatoms. The van der Waals surface area contributed by atoms with E-state index in [2.05, 4.69) is 25.5 Å². The number of carbonyl (C=O) groups excluding carboxylic acids is 1. The summed E-state index contributed by atoms with van der Waals surface area (Å²) in [6.45, 7) is 3.76. The maximum absolute atomic E-state index is 13.2. The Hall–Kier alpha value is -3.82. The first-order valence-electron chi connectivity index (χ1n) is 10.1. The number of nitrogens with one attached hydrogen (secondary N) is 1. The van der Waals surface area contributed by atoms with Gasteiger partial charge in [0.1, 0.15) is 23.5 Å². The van der Waals surface area contributed by atoms with Crippen LogP contribution < -0.4 is 0 Å². The van der Waals surface area contributed by atoms with E-state index in [9.17, 15) is 9.18 Å². The predicted molar refractivity (Wildman–Crippen MR) is 110 cm³/mol. The van der Waals surface area contributed by atoms with Gasteiger partial charge >= 0.3 is 0 Å². The second-order valence-corrected chi connectivity index (χ2v) is 7.49. The molecule has 1 amide bonds. The van der Waals surface area contributed by atoms with Crippen LogP contribution in [0.1, 0.15) is 28.7 Å². The minimum Gasteiger partial charge on any atom is -0.332 e. The van der Waals surface area contributed by atoms with Crippen LogP contribution in [0.5, 0.6) is 0 Å². The summed E-state index contributed by atoms with van der Waals surface area (Å²) in [5.41, 5.74) is 4.57. The van der Waals surface area contributed by atoms with Gasteiger partial charge in [-0.1, -0.05) is 0 Å². The topological polar surface area (TPSA) is 97.5 Å². The molecular formula is C21H21FN8O. The largest absolute Gasteiger partial charge is 0.332 e. The maximum Gasteiger partial charge on any atom is 0.272 e. The Kier molecular flexibility index (Phi) is 4.61. The zero-order valence-electron chi connectivity index (χ0n) is 17.2. The SMILES string of the molecule is CCn1cnnc1-c1nn(C)c2c1CN(C(=O)c1cc(-c3ccc(F)cc3)n[nH]1)CC2. The number of fused-ring (bicyclic) bond motifs is 1. The van der Waals surface area contributed by atoms with E-state index in [0.29, 0.717) is 36.7 Å².